The van der Waals surface area contributed by atoms with Gasteiger partial charge in [0.15, 0.2) is 0 Å². The Bertz CT molecular complexity index is 636. The second kappa shape index (κ2) is 4.62. The van der Waals surface area contributed by atoms with Crippen molar-refractivity contribution in [1.29, 1.82) is 0 Å². The van der Waals surface area contributed by atoms with Crippen LogP contribution in [0, 0.1) is 0 Å². The van der Waals surface area contributed by atoms with Gasteiger partial charge in [0.2, 0.25) is 5.76 Å². The average Bonchev–Trinajstić information content (AvgIpc) is 2.94. The van der Waals surface area contributed by atoms with Crippen molar-refractivity contribution < 1.29 is 19.1 Å². The second-order valence-corrected chi connectivity index (χ2v) is 3.41. The van der Waals surface area contributed by atoms with Crippen LogP contribution in [-0.4, -0.2) is 27.0 Å². The number of aromatic amines is 2. The van der Waals surface area contributed by atoms with Crippen LogP contribution >= 0.6 is 0 Å². The van der Waals surface area contributed by atoms with Gasteiger partial charge in [0.05, 0.1) is 6.54 Å². The number of hydrogen-bond donors (Lipinski definition) is 4. The number of aromatic carboxylic acids is 1. The summed E-state index contributed by atoms with van der Waals surface area (Å²) in [5.74, 6) is -1.57. The monoisotopic (exact) mass is 251 g/mol. The van der Waals surface area contributed by atoms with E-state index in [4.69, 9.17) is 9.52 Å². The third kappa shape index (κ3) is 2.48. The molecule has 0 aliphatic heterocycles. The van der Waals surface area contributed by atoms with Gasteiger partial charge < -0.3 is 24.8 Å². The first-order valence-corrected chi connectivity index (χ1v) is 4.94. The summed E-state index contributed by atoms with van der Waals surface area (Å²) in [4.78, 5) is 37.4. The fraction of sp³-hybridized carbons (Fsp3) is 0.100. The lowest BCUT2D eigenvalue weighted by Crippen LogP contribution is -2.23. The minimum absolute atomic E-state index is 0.0271. The Morgan fingerprint density at radius 3 is 2.72 bits per heavy atom. The van der Waals surface area contributed by atoms with E-state index in [1.165, 1.54) is 18.3 Å². The van der Waals surface area contributed by atoms with Gasteiger partial charge in [-0.15, -0.1) is 0 Å². The van der Waals surface area contributed by atoms with E-state index in [0.717, 1.165) is 0 Å². The molecule has 0 saturated heterocycles. The zero-order chi connectivity index (χ0) is 13.1. The standard InChI is InChI=1S/C10H9N3O5/c14-8(6-4-12-10(17)13-6)11-3-5-1-2-7(18-5)9(15)16/h1-2,4H,3H2,(H,11,14)(H,15,16)(H2,12,13,17). The van der Waals surface area contributed by atoms with E-state index in [-0.39, 0.29) is 18.0 Å². The van der Waals surface area contributed by atoms with Crippen molar-refractivity contribution in [3.8, 4) is 0 Å². The molecule has 1 amide bonds. The molecule has 0 aliphatic rings. The van der Waals surface area contributed by atoms with Gasteiger partial charge in [0, 0.05) is 6.20 Å². The summed E-state index contributed by atoms with van der Waals surface area (Å²) >= 11 is 0. The van der Waals surface area contributed by atoms with Gasteiger partial charge in [-0.25, -0.2) is 9.59 Å². The number of furan rings is 1. The van der Waals surface area contributed by atoms with Crippen molar-refractivity contribution in [2.45, 2.75) is 6.54 Å². The Balaban J connectivity index is 1.97. The summed E-state index contributed by atoms with van der Waals surface area (Å²) in [6.07, 6.45) is 1.24. The summed E-state index contributed by atoms with van der Waals surface area (Å²) in [5.41, 5.74) is -0.392. The van der Waals surface area contributed by atoms with Crippen LogP contribution in [-0.2, 0) is 6.54 Å². The molecule has 0 saturated carbocycles. The highest BCUT2D eigenvalue weighted by molar-refractivity contribution is 5.91. The lowest BCUT2D eigenvalue weighted by atomic mass is 10.4. The largest absolute Gasteiger partial charge is 0.475 e. The summed E-state index contributed by atoms with van der Waals surface area (Å²) in [5, 5.41) is 11.1. The summed E-state index contributed by atoms with van der Waals surface area (Å²) in [7, 11) is 0. The third-order valence-corrected chi connectivity index (χ3v) is 2.14. The molecule has 0 aliphatic carbocycles. The molecular weight excluding hydrogens is 242 g/mol. The van der Waals surface area contributed by atoms with Crippen LogP contribution in [0.5, 0.6) is 0 Å². The van der Waals surface area contributed by atoms with Crippen LogP contribution in [0.25, 0.3) is 0 Å². The molecule has 2 heterocycles. The molecule has 94 valence electrons. The van der Waals surface area contributed by atoms with Crippen LogP contribution in [0.1, 0.15) is 26.8 Å². The number of amides is 1. The lowest BCUT2D eigenvalue weighted by molar-refractivity contribution is 0.0660. The van der Waals surface area contributed by atoms with Gasteiger partial charge in [-0.2, -0.15) is 0 Å². The lowest BCUT2D eigenvalue weighted by Gasteiger charge is -1.99. The van der Waals surface area contributed by atoms with Crippen molar-refractivity contribution in [2.75, 3.05) is 0 Å². The Hall–Kier alpha value is -2.77. The topological polar surface area (TPSA) is 128 Å². The molecule has 0 fully saturated rings. The van der Waals surface area contributed by atoms with Crippen LogP contribution in [0.15, 0.2) is 27.5 Å². The molecule has 2 aromatic heterocycles. The molecule has 2 rings (SSSR count). The molecule has 8 nitrogen and oxygen atoms in total. The maximum Gasteiger partial charge on any atom is 0.371 e. The SMILES string of the molecule is O=C(NCc1ccc(C(=O)O)o1)c1c[nH]c(=O)[nH]1. The third-order valence-electron chi connectivity index (χ3n) is 2.14. The number of carboxylic acids is 1. The molecule has 4 N–H and O–H groups in total. The van der Waals surface area contributed by atoms with E-state index >= 15 is 0 Å². The number of H-pyrrole nitrogens is 2. The summed E-state index contributed by atoms with van der Waals surface area (Å²) < 4.78 is 4.94. The van der Waals surface area contributed by atoms with E-state index < -0.39 is 17.6 Å². The molecule has 0 radical (unpaired) electrons. The highest BCUT2D eigenvalue weighted by Crippen LogP contribution is 2.07. The van der Waals surface area contributed by atoms with Crippen molar-refractivity contribution in [1.82, 2.24) is 15.3 Å². The minimum atomic E-state index is -1.18. The van der Waals surface area contributed by atoms with Crippen molar-refractivity contribution in [3.05, 3.63) is 46.0 Å². The van der Waals surface area contributed by atoms with Crippen LogP contribution in [0.3, 0.4) is 0 Å². The first kappa shape index (κ1) is 11.7. The maximum atomic E-state index is 11.5. The predicted octanol–water partition coefficient (Wildman–Crippen LogP) is -0.0758. The van der Waals surface area contributed by atoms with Gasteiger partial charge in [-0.05, 0) is 12.1 Å². The molecular formula is C10H9N3O5. The maximum absolute atomic E-state index is 11.5. The Kier molecular flexibility index (Phi) is 3.00. The molecule has 0 atom stereocenters. The molecule has 0 spiro atoms. The molecule has 8 heteroatoms. The quantitative estimate of drug-likeness (QED) is 0.604. The molecule has 0 unspecified atom stereocenters. The highest BCUT2D eigenvalue weighted by atomic mass is 16.4. The number of aromatic nitrogens is 2. The van der Waals surface area contributed by atoms with Crippen molar-refractivity contribution in [2.24, 2.45) is 0 Å². The van der Waals surface area contributed by atoms with Gasteiger partial charge in [-0.3, -0.25) is 4.79 Å². The number of nitrogens with one attached hydrogen (secondary N) is 3. The smallest absolute Gasteiger partial charge is 0.371 e. The van der Waals surface area contributed by atoms with Gasteiger partial charge >= 0.3 is 11.7 Å². The summed E-state index contributed by atoms with van der Waals surface area (Å²) in [6, 6.07) is 2.74. The van der Waals surface area contributed by atoms with E-state index in [2.05, 4.69) is 15.3 Å². The van der Waals surface area contributed by atoms with E-state index in [1.54, 1.807) is 0 Å². The minimum Gasteiger partial charge on any atom is -0.475 e. The Morgan fingerprint density at radius 2 is 2.17 bits per heavy atom. The number of imidazole rings is 1. The van der Waals surface area contributed by atoms with Gasteiger partial charge in [0.25, 0.3) is 5.91 Å². The second-order valence-electron chi connectivity index (χ2n) is 3.41. The number of carboxylic acid groups (broad SMARTS) is 1. The van der Waals surface area contributed by atoms with Crippen LogP contribution in [0.4, 0.5) is 0 Å². The average molecular weight is 251 g/mol. The molecule has 2 aromatic rings. The zero-order valence-corrected chi connectivity index (χ0v) is 9.02. The number of hydrogen-bond acceptors (Lipinski definition) is 4. The molecule has 0 aromatic carbocycles. The molecule has 18 heavy (non-hydrogen) atoms. The Labute approximate surface area is 99.6 Å². The van der Waals surface area contributed by atoms with Gasteiger partial charge in [0.1, 0.15) is 11.5 Å². The zero-order valence-electron chi connectivity index (χ0n) is 9.02. The first-order chi connectivity index (χ1) is 8.56. The van der Waals surface area contributed by atoms with E-state index in [0.29, 0.717) is 5.76 Å². The van der Waals surface area contributed by atoms with Crippen molar-refractivity contribution in [3.63, 3.8) is 0 Å². The first-order valence-electron chi connectivity index (χ1n) is 4.94. The van der Waals surface area contributed by atoms with E-state index in [9.17, 15) is 14.4 Å². The number of carbonyl (C=O) groups is 2. The highest BCUT2D eigenvalue weighted by Gasteiger charge is 2.11. The fourth-order valence-corrected chi connectivity index (χ4v) is 1.30. The fourth-order valence-electron chi connectivity index (χ4n) is 1.30. The Morgan fingerprint density at radius 1 is 1.39 bits per heavy atom. The van der Waals surface area contributed by atoms with Crippen LogP contribution < -0.4 is 11.0 Å². The summed E-state index contributed by atoms with van der Waals surface area (Å²) in [6.45, 7) is 0.0271. The van der Waals surface area contributed by atoms with Crippen molar-refractivity contribution >= 4 is 11.9 Å². The van der Waals surface area contributed by atoms with Gasteiger partial charge in [-0.1, -0.05) is 0 Å². The predicted molar refractivity (Wildman–Crippen MR) is 58.3 cm³/mol. The van der Waals surface area contributed by atoms with E-state index in [1.807, 2.05) is 0 Å². The number of rotatable bonds is 4. The normalized spacial score (nSPS) is 10.2. The number of carbonyl (C=O) groups excluding carboxylic acids is 1. The molecule has 0 bridgehead atoms. The van der Waals surface area contributed by atoms with Crippen LogP contribution in [0.2, 0.25) is 0 Å².